The summed E-state index contributed by atoms with van der Waals surface area (Å²) < 4.78 is 0. The highest BCUT2D eigenvalue weighted by Gasteiger charge is 2.10. The Hall–Kier alpha value is -2.34. The van der Waals surface area contributed by atoms with Crippen molar-refractivity contribution in [1.82, 2.24) is 9.97 Å². The molecule has 19 heavy (non-hydrogen) atoms. The van der Waals surface area contributed by atoms with Gasteiger partial charge in [-0.2, -0.15) is 0 Å². The van der Waals surface area contributed by atoms with Gasteiger partial charge in [0.15, 0.2) is 0 Å². The third-order valence-corrected chi connectivity index (χ3v) is 2.76. The molecule has 0 spiro atoms. The normalized spacial score (nSPS) is 9.95. The zero-order valence-electron chi connectivity index (χ0n) is 10.3. The molecule has 0 fully saturated rings. The standard InChI is InChI=1S/C13H12N4OS/c1-8-3-2-6-15-12(8)17-13(18)10-5-4-9(7-16-10)11(14)19/h2-7H,1H3,(H2,14,19)(H,15,17,18). The Kier molecular flexibility index (Phi) is 3.82. The average molecular weight is 272 g/mol. The monoisotopic (exact) mass is 272 g/mol. The van der Waals surface area contributed by atoms with Gasteiger partial charge < -0.3 is 11.1 Å². The number of carbonyl (C=O) groups excluding carboxylic acids is 1. The first-order chi connectivity index (χ1) is 9.08. The molecule has 2 aromatic heterocycles. The molecule has 5 nitrogen and oxygen atoms in total. The molecule has 0 aliphatic carbocycles. The highest BCUT2D eigenvalue weighted by molar-refractivity contribution is 7.80. The molecule has 0 radical (unpaired) electrons. The number of nitrogens with one attached hydrogen (secondary N) is 1. The van der Waals surface area contributed by atoms with Crippen molar-refractivity contribution >= 4 is 28.9 Å². The van der Waals surface area contributed by atoms with Crippen LogP contribution in [0.4, 0.5) is 5.82 Å². The Labute approximate surface area is 115 Å². The number of nitrogens with zero attached hydrogens (tertiary/aromatic N) is 2. The predicted molar refractivity (Wildman–Crippen MR) is 77.1 cm³/mol. The first kappa shape index (κ1) is 13.1. The minimum atomic E-state index is -0.323. The number of hydrogen-bond acceptors (Lipinski definition) is 4. The summed E-state index contributed by atoms with van der Waals surface area (Å²) in [5, 5.41) is 2.70. The van der Waals surface area contributed by atoms with E-state index in [0.29, 0.717) is 11.4 Å². The Morgan fingerprint density at radius 3 is 2.68 bits per heavy atom. The second kappa shape index (κ2) is 5.53. The van der Waals surface area contributed by atoms with Crippen LogP contribution in [0.25, 0.3) is 0 Å². The SMILES string of the molecule is Cc1cccnc1NC(=O)c1ccc(C(N)=S)cn1. The van der Waals surface area contributed by atoms with Gasteiger partial charge in [-0.1, -0.05) is 18.3 Å². The van der Waals surface area contributed by atoms with E-state index in [1.54, 1.807) is 24.4 Å². The van der Waals surface area contributed by atoms with Gasteiger partial charge in [-0.05, 0) is 30.7 Å². The van der Waals surface area contributed by atoms with Gasteiger partial charge >= 0.3 is 0 Å². The van der Waals surface area contributed by atoms with Gasteiger partial charge in [0.25, 0.3) is 5.91 Å². The van der Waals surface area contributed by atoms with Gasteiger partial charge in [0.1, 0.15) is 16.5 Å². The highest BCUT2D eigenvalue weighted by atomic mass is 32.1. The van der Waals surface area contributed by atoms with Crippen molar-refractivity contribution in [2.75, 3.05) is 5.32 Å². The fourth-order valence-corrected chi connectivity index (χ4v) is 1.58. The van der Waals surface area contributed by atoms with Gasteiger partial charge in [-0.25, -0.2) is 4.98 Å². The van der Waals surface area contributed by atoms with Gasteiger partial charge in [-0.3, -0.25) is 9.78 Å². The smallest absolute Gasteiger partial charge is 0.275 e. The van der Waals surface area contributed by atoms with Crippen LogP contribution < -0.4 is 11.1 Å². The molecule has 0 aliphatic rings. The van der Waals surface area contributed by atoms with Crippen molar-refractivity contribution in [1.29, 1.82) is 0 Å². The fraction of sp³-hybridized carbons (Fsp3) is 0.0769. The lowest BCUT2D eigenvalue weighted by atomic mass is 10.2. The number of aromatic nitrogens is 2. The first-order valence-corrected chi connectivity index (χ1v) is 5.97. The van der Waals surface area contributed by atoms with E-state index in [-0.39, 0.29) is 16.6 Å². The summed E-state index contributed by atoms with van der Waals surface area (Å²) in [7, 11) is 0. The topological polar surface area (TPSA) is 80.9 Å². The lowest BCUT2D eigenvalue weighted by molar-refractivity contribution is 0.102. The van der Waals surface area contributed by atoms with E-state index in [2.05, 4.69) is 15.3 Å². The molecule has 0 aromatic carbocycles. The van der Waals surface area contributed by atoms with Crippen molar-refractivity contribution < 1.29 is 4.79 Å². The molecular formula is C13H12N4OS. The molecule has 3 N–H and O–H groups in total. The van der Waals surface area contributed by atoms with Gasteiger partial charge in [0.05, 0.1) is 0 Å². The number of hydrogen-bond donors (Lipinski definition) is 2. The summed E-state index contributed by atoms with van der Waals surface area (Å²) in [6, 6.07) is 6.91. The molecular weight excluding hydrogens is 260 g/mol. The van der Waals surface area contributed by atoms with Gasteiger partial charge in [0.2, 0.25) is 0 Å². The van der Waals surface area contributed by atoms with Crippen LogP contribution in [0.1, 0.15) is 21.6 Å². The van der Waals surface area contributed by atoms with E-state index < -0.39 is 0 Å². The average Bonchev–Trinajstić information content (AvgIpc) is 2.41. The number of nitrogens with two attached hydrogens (primary N) is 1. The van der Waals surface area contributed by atoms with Crippen LogP contribution in [-0.4, -0.2) is 20.9 Å². The number of amides is 1. The Balaban J connectivity index is 2.16. The van der Waals surface area contributed by atoms with Crippen LogP contribution in [0.15, 0.2) is 36.7 Å². The predicted octanol–water partition coefficient (Wildman–Crippen LogP) is 1.67. The van der Waals surface area contributed by atoms with E-state index in [9.17, 15) is 4.79 Å². The van der Waals surface area contributed by atoms with Crippen molar-refractivity contribution in [3.63, 3.8) is 0 Å². The van der Waals surface area contributed by atoms with E-state index in [4.69, 9.17) is 18.0 Å². The van der Waals surface area contributed by atoms with Crippen LogP contribution in [0.3, 0.4) is 0 Å². The molecule has 6 heteroatoms. The lowest BCUT2D eigenvalue weighted by Gasteiger charge is -2.06. The molecule has 2 heterocycles. The highest BCUT2D eigenvalue weighted by Crippen LogP contribution is 2.10. The molecule has 0 atom stereocenters. The maximum atomic E-state index is 12.0. The number of anilines is 1. The Morgan fingerprint density at radius 2 is 2.11 bits per heavy atom. The second-order valence-corrected chi connectivity index (χ2v) is 4.36. The second-order valence-electron chi connectivity index (χ2n) is 3.92. The van der Waals surface area contributed by atoms with E-state index in [1.807, 2.05) is 13.0 Å². The maximum absolute atomic E-state index is 12.0. The zero-order chi connectivity index (χ0) is 13.8. The quantitative estimate of drug-likeness (QED) is 0.831. The fourth-order valence-electron chi connectivity index (χ4n) is 1.46. The molecule has 0 aliphatic heterocycles. The molecule has 0 unspecified atom stereocenters. The van der Waals surface area contributed by atoms with Gasteiger partial charge in [0, 0.05) is 18.0 Å². The summed E-state index contributed by atoms with van der Waals surface area (Å²) >= 11 is 4.82. The molecule has 0 bridgehead atoms. The van der Waals surface area contributed by atoms with Crippen molar-refractivity contribution in [2.24, 2.45) is 5.73 Å². The van der Waals surface area contributed by atoms with Crippen LogP contribution in [0.5, 0.6) is 0 Å². The van der Waals surface area contributed by atoms with E-state index >= 15 is 0 Å². The Morgan fingerprint density at radius 1 is 1.32 bits per heavy atom. The molecule has 1 amide bonds. The number of carbonyl (C=O) groups is 1. The number of rotatable bonds is 3. The van der Waals surface area contributed by atoms with E-state index in [1.165, 1.54) is 6.20 Å². The summed E-state index contributed by atoms with van der Waals surface area (Å²) in [5.74, 6) is 0.198. The number of pyridine rings is 2. The van der Waals surface area contributed by atoms with Crippen LogP contribution in [-0.2, 0) is 0 Å². The third kappa shape index (κ3) is 3.11. The van der Waals surface area contributed by atoms with Crippen LogP contribution in [0, 0.1) is 6.92 Å². The number of aryl methyl sites for hydroxylation is 1. The maximum Gasteiger partial charge on any atom is 0.275 e. The minimum Gasteiger partial charge on any atom is -0.389 e. The van der Waals surface area contributed by atoms with Crippen LogP contribution in [0.2, 0.25) is 0 Å². The van der Waals surface area contributed by atoms with Gasteiger partial charge in [-0.15, -0.1) is 0 Å². The largest absolute Gasteiger partial charge is 0.389 e. The van der Waals surface area contributed by atoms with Crippen LogP contribution >= 0.6 is 12.2 Å². The molecule has 2 rings (SSSR count). The summed E-state index contributed by atoms with van der Waals surface area (Å²) in [6.07, 6.45) is 3.09. The minimum absolute atomic E-state index is 0.250. The lowest BCUT2D eigenvalue weighted by Crippen LogP contribution is -2.16. The first-order valence-electron chi connectivity index (χ1n) is 5.57. The molecule has 2 aromatic rings. The molecule has 96 valence electrons. The van der Waals surface area contributed by atoms with Crippen molar-refractivity contribution in [2.45, 2.75) is 6.92 Å². The zero-order valence-corrected chi connectivity index (χ0v) is 11.1. The number of thiocarbonyl (C=S) groups is 1. The van der Waals surface area contributed by atoms with Crippen molar-refractivity contribution in [3.05, 3.63) is 53.5 Å². The Bertz CT molecular complexity index is 625. The van der Waals surface area contributed by atoms with Crippen molar-refractivity contribution in [3.8, 4) is 0 Å². The van der Waals surface area contributed by atoms with E-state index in [0.717, 1.165) is 5.56 Å². The summed E-state index contributed by atoms with van der Waals surface area (Å²) in [5.41, 5.74) is 7.26. The third-order valence-electron chi connectivity index (χ3n) is 2.52. The summed E-state index contributed by atoms with van der Waals surface area (Å²) in [6.45, 7) is 1.87. The summed E-state index contributed by atoms with van der Waals surface area (Å²) in [4.78, 5) is 20.3. The molecule has 0 saturated carbocycles. The molecule has 0 saturated heterocycles.